The summed E-state index contributed by atoms with van der Waals surface area (Å²) in [6, 6.07) is 32.1. The van der Waals surface area contributed by atoms with Crippen molar-refractivity contribution in [2.75, 3.05) is 4.90 Å². The Morgan fingerprint density at radius 3 is 2.50 bits per heavy atom. The molecule has 0 bridgehead atoms. The highest BCUT2D eigenvalue weighted by molar-refractivity contribution is 8.00. The van der Waals surface area contributed by atoms with Gasteiger partial charge in [0.2, 0.25) is 6.71 Å². The standard InChI is InChI=1S/C31H26BNS/c1-30-17-8-18-31(30,2)33-25-13-7-14-26-28(25)32(24-12-6-11-22(30)29(24)33)23-16-15-21(19-27(23)34-26)20-9-4-3-5-10-20/h3-7,9-16,19H,8,17-18H2,1-2H3. The Morgan fingerprint density at radius 1 is 0.765 bits per heavy atom. The Kier molecular flexibility index (Phi) is 3.65. The second kappa shape index (κ2) is 6.40. The second-order valence-corrected chi connectivity index (χ2v) is 12.0. The third-order valence-corrected chi connectivity index (χ3v) is 10.6. The van der Waals surface area contributed by atoms with Crippen LogP contribution in [0.5, 0.6) is 0 Å². The zero-order valence-corrected chi connectivity index (χ0v) is 20.5. The third-order valence-electron chi connectivity index (χ3n) is 9.44. The largest absolute Gasteiger partial charge is 0.335 e. The van der Waals surface area contributed by atoms with Crippen molar-refractivity contribution < 1.29 is 0 Å². The summed E-state index contributed by atoms with van der Waals surface area (Å²) in [5, 5.41) is 0. The van der Waals surface area contributed by atoms with Crippen molar-refractivity contribution in [1.29, 1.82) is 0 Å². The molecule has 8 rings (SSSR count). The molecule has 4 aromatic rings. The van der Waals surface area contributed by atoms with E-state index in [0.717, 1.165) is 0 Å². The van der Waals surface area contributed by atoms with Crippen LogP contribution >= 0.6 is 11.8 Å². The molecule has 0 radical (unpaired) electrons. The highest BCUT2D eigenvalue weighted by atomic mass is 32.2. The summed E-state index contributed by atoms with van der Waals surface area (Å²) in [4.78, 5) is 5.59. The van der Waals surface area contributed by atoms with Crippen LogP contribution in [0.25, 0.3) is 11.1 Å². The van der Waals surface area contributed by atoms with Crippen LogP contribution in [0.15, 0.2) is 94.7 Å². The minimum absolute atomic E-state index is 0.146. The van der Waals surface area contributed by atoms with Crippen molar-refractivity contribution in [2.24, 2.45) is 0 Å². The van der Waals surface area contributed by atoms with Crippen LogP contribution in [-0.4, -0.2) is 12.3 Å². The molecule has 0 spiro atoms. The lowest BCUT2D eigenvalue weighted by molar-refractivity contribution is 0.330. The smallest absolute Gasteiger partial charge is 0.249 e. The zero-order valence-electron chi connectivity index (χ0n) is 19.6. The molecular weight excluding hydrogens is 429 g/mol. The molecule has 1 fully saturated rings. The van der Waals surface area contributed by atoms with Gasteiger partial charge in [-0.25, -0.2) is 0 Å². The van der Waals surface area contributed by atoms with Crippen LogP contribution in [0.4, 0.5) is 11.4 Å². The number of nitrogens with zero attached hydrogens (tertiary/aromatic N) is 1. The summed E-state index contributed by atoms with van der Waals surface area (Å²) < 4.78 is 0. The lowest BCUT2D eigenvalue weighted by atomic mass is 9.34. The fraction of sp³-hybridized carbons (Fsp3) is 0.226. The first-order chi connectivity index (χ1) is 16.6. The van der Waals surface area contributed by atoms with E-state index in [0.29, 0.717) is 6.71 Å². The lowest BCUT2D eigenvalue weighted by Crippen LogP contribution is -2.62. The Labute approximate surface area is 206 Å². The van der Waals surface area contributed by atoms with Gasteiger partial charge in [0.25, 0.3) is 0 Å². The predicted molar refractivity (Wildman–Crippen MR) is 145 cm³/mol. The summed E-state index contributed by atoms with van der Waals surface area (Å²) in [5.74, 6) is 0. The number of hydrogen-bond acceptors (Lipinski definition) is 2. The average molecular weight is 455 g/mol. The van der Waals surface area contributed by atoms with Gasteiger partial charge >= 0.3 is 0 Å². The first-order valence-corrected chi connectivity index (χ1v) is 13.4. The van der Waals surface area contributed by atoms with Gasteiger partial charge in [-0.1, -0.05) is 97.3 Å². The minimum atomic E-state index is 0.146. The van der Waals surface area contributed by atoms with E-state index in [4.69, 9.17) is 0 Å². The number of benzene rings is 4. The zero-order chi connectivity index (χ0) is 22.7. The van der Waals surface area contributed by atoms with Gasteiger partial charge in [0.1, 0.15) is 0 Å². The van der Waals surface area contributed by atoms with Crippen molar-refractivity contribution in [3.63, 3.8) is 0 Å². The maximum Gasteiger partial charge on any atom is 0.249 e. The van der Waals surface area contributed by atoms with Gasteiger partial charge in [0, 0.05) is 26.6 Å². The number of anilines is 2. The Balaban J connectivity index is 1.40. The summed E-state index contributed by atoms with van der Waals surface area (Å²) in [5.41, 5.74) is 12.0. The minimum Gasteiger partial charge on any atom is -0.335 e. The Bertz CT molecular complexity index is 1510. The Hall–Kier alpha value is -2.91. The summed E-state index contributed by atoms with van der Waals surface area (Å²) in [7, 11) is 0. The second-order valence-electron chi connectivity index (χ2n) is 10.9. The molecule has 1 nitrogen and oxygen atoms in total. The predicted octanol–water partition coefficient (Wildman–Crippen LogP) is 6.00. The van der Waals surface area contributed by atoms with E-state index < -0.39 is 0 Å². The maximum atomic E-state index is 2.77. The number of para-hydroxylation sites is 1. The molecule has 3 heterocycles. The molecule has 3 heteroatoms. The monoisotopic (exact) mass is 455 g/mol. The van der Waals surface area contributed by atoms with Crippen molar-refractivity contribution in [1.82, 2.24) is 0 Å². The third kappa shape index (κ3) is 2.16. The number of fused-ring (bicyclic) bond motifs is 7. The van der Waals surface area contributed by atoms with E-state index >= 15 is 0 Å². The highest BCUT2D eigenvalue weighted by Gasteiger charge is 2.62. The molecule has 0 saturated heterocycles. The fourth-order valence-corrected chi connectivity index (χ4v) is 8.82. The van der Waals surface area contributed by atoms with Crippen molar-refractivity contribution in [2.45, 2.75) is 53.9 Å². The van der Waals surface area contributed by atoms with Gasteiger partial charge in [-0.3, -0.25) is 0 Å². The summed E-state index contributed by atoms with van der Waals surface area (Å²) in [6.45, 7) is 5.37. The van der Waals surface area contributed by atoms with Gasteiger partial charge in [-0.15, -0.1) is 0 Å². The van der Waals surface area contributed by atoms with E-state index in [1.807, 2.05) is 11.8 Å². The van der Waals surface area contributed by atoms with Gasteiger partial charge in [0.05, 0.1) is 5.54 Å². The molecule has 4 aromatic carbocycles. The highest BCUT2D eigenvalue weighted by Crippen LogP contribution is 2.62. The molecular formula is C31H26BNS. The van der Waals surface area contributed by atoms with Gasteiger partial charge in [-0.05, 0) is 65.6 Å². The molecule has 1 saturated carbocycles. The number of rotatable bonds is 1. The average Bonchev–Trinajstić information content (AvgIpc) is 3.28. The topological polar surface area (TPSA) is 3.24 Å². The van der Waals surface area contributed by atoms with E-state index in [9.17, 15) is 0 Å². The number of hydrogen-bond donors (Lipinski definition) is 0. The molecule has 4 aliphatic rings. The van der Waals surface area contributed by atoms with Crippen molar-refractivity contribution >= 4 is 46.2 Å². The fourth-order valence-electron chi connectivity index (χ4n) is 7.61. The van der Waals surface area contributed by atoms with E-state index in [2.05, 4.69) is 104 Å². The first-order valence-electron chi connectivity index (χ1n) is 12.5. The van der Waals surface area contributed by atoms with Crippen LogP contribution in [0.3, 0.4) is 0 Å². The molecule has 34 heavy (non-hydrogen) atoms. The molecule has 0 aromatic heterocycles. The van der Waals surface area contributed by atoms with Gasteiger partial charge in [-0.2, -0.15) is 0 Å². The molecule has 2 atom stereocenters. The van der Waals surface area contributed by atoms with E-state index in [1.165, 1.54) is 67.9 Å². The van der Waals surface area contributed by atoms with Crippen molar-refractivity contribution in [3.8, 4) is 11.1 Å². The maximum absolute atomic E-state index is 2.77. The molecule has 0 amide bonds. The summed E-state index contributed by atoms with van der Waals surface area (Å²) in [6.07, 6.45) is 3.85. The SMILES string of the molecule is CC12CCCC1(C)N1c3cccc4c3B(c3ccc(-c5ccccc5)cc3S4)c3cccc2c31. The van der Waals surface area contributed by atoms with E-state index in [-0.39, 0.29) is 11.0 Å². The van der Waals surface area contributed by atoms with Crippen molar-refractivity contribution in [3.05, 3.63) is 90.5 Å². The molecule has 2 unspecified atom stereocenters. The molecule has 0 N–H and O–H groups in total. The first kappa shape index (κ1) is 19.4. The van der Waals surface area contributed by atoms with Crippen LogP contribution in [0.1, 0.15) is 38.7 Å². The van der Waals surface area contributed by atoms with Gasteiger partial charge < -0.3 is 4.90 Å². The van der Waals surface area contributed by atoms with Gasteiger partial charge in [0.15, 0.2) is 0 Å². The van der Waals surface area contributed by atoms with E-state index in [1.54, 1.807) is 5.56 Å². The van der Waals surface area contributed by atoms with Crippen LogP contribution in [0, 0.1) is 0 Å². The quantitative estimate of drug-likeness (QED) is 0.285. The van der Waals surface area contributed by atoms with Crippen LogP contribution in [-0.2, 0) is 5.41 Å². The lowest BCUT2D eigenvalue weighted by Gasteiger charge is -2.46. The van der Waals surface area contributed by atoms with Crippen LogP contribution in [0.2, 0.25) is 0 Å². The Morgan fingerprint density at radius 2 is 1.62 bits per heavy atom. The molecule has 3 aliphatic heterocycles. The molecule has 164 valence electrons. The van der Waals surface area contributed by atoms with Crippen LogP contribution < -0.4 is 21.3 Å². The molecule has 1 aliphatic carbocycles. The normalized spacial score (nSPS) is 25.0. The summed E-state index contributed by atoms with van der Waals surface area (Å²) >= 11 is 1.96.